The van der Waals surface area contributed by atoms with Crippen LogP contribution in [0.4, 0.5) is 0 Å². The second-order valence-corrected chi connectivity index (χ2v) is 4.50. The van der Waals surface area contributed by atoms with Crippen molar-refractivity contribution in [1.82, 2.24) is 15.3 Å². The molecule has 1 aromatic rings. The zero-order chi connectivity index (χ0) is 10.5. The summed E-state index contributed by atoms with van der Waals surface area (Å²) in [5.74, 6) is 0.809. The van der Waals surface area contributed by atoms with Crippen LogP contribution >= 0.6 is 0 Å². The highest BCUT2D eigenvalue weighted by Gasteiger charge is 2.20. The van der Waals surface area contributed by atoms with Crippen molar-refractivity contribution in [3.8, 4) is 0 Å². The molecule has 0 spiro atoms. The van der Waals surface area contributed by atoms with Gasteiger partial charge in [-0.25, -0.2) is 9.97 Å². The van der Waals surface area contributed by atoms with Gasteiger partial charge in [-0.1, -0.05) is 19.8 Å². The van der Waals surface area contributed by atoms with Crippen molar-refractivity contribution >= 4 is 0 Å². The minimum absolute atomic E-state index is 0.680. The molecule has 1 aliphatic carbocycles. The third kappa shape index (κ3) is 2.99. The second kappa shape index (κ2) is 5.21. The van der Waals surface area contributed by atoms with Crippen LogP contribution in [0.25, 0.3) is 0 Å². The molecule has 3 nitrogen and oxygen atoms in total. The van der Waals surface area contributed by atoms with Crippen molar-refractivity contribution in [2.75, 3.05) is 0 Å². The van der Waals surface area contributed by atoms with Gasteiger partial charge in [-0.05, 0) is 18.8 Å². The summed E-state index contributed by atoms with van der Waals surface area (Å²) in [7, 11) is 0. The minimum Gasteiger partial charge on any atom is -0.310 e. The van der Waals surface area contributed by atoms with Crippen molar-refractivity contribution in [2.45, 2.75) is 45.2 Å². The van der Waals surface area contributed by atoms with Crippen LogP contribution in [0.2, 0.25) is 0 Å². The molecule has 2 rings (SSSR count). The largest absolute Gasteiger partial charge is 0.310 e. The molecule has 0 aliphatic heterocycles. The fraction of sp³-hybridized carbons (Fsp3) is 0.667. The molecule has 0 amide bonds. The molecule has 82 valence electrons. The molecule has 15 heavy (non-hydrogen) atoms. The number of nitrogens with one attached hydrogen (secondary N) is 1. The summed E-state index contributed by atoms with van der Waals surface area (Å²) in [6, 6.07) is 0.680. The van der Waals surface area contributed by atoms with E-state index in [9.17, 15) is 0 Å². The van der Waals surface area contributed by atoms with Crippen molar-refractivity contribution in [3.63, 3.8) is 0 Å². The molecule has 1 aromatic heterocycles. The highest BCUT2D eigenvalue weighted by atomic mass is 14.9. The summed E-state index contributed by atoms with van der Waals surface area (Å²) in [5.41, 5.74) is 1.18. The zero-order valence-electron chi connectivity index (χ0n) is 9.32. The van der Waals surface area contributed by atoms with Gasteiger partial charge in [0.1, 0.15) is 6.33 Å². The first-order valence-corrected chi connectivity index (χ1v) is 5.83. The Hall–Kier alpha value is -0.960. The predicted octanol–water partition coefficient (Wildman–Crippen LogP) is 2.14. The van der Waals surface area contributed by atoms with Gasteiger partial charge in [0.2, 0.25) is 0 Å². The van der Waals surface area contributed by atoms with Crippen LogP contribution < -0.4 is 5.32 Å². The van der Waals surface area contributed by atoms with E-state index in [-0.39, 0.29) is 0 Å². The van der Waals surface area contributed by atoms with Crippen molar-refractivity contribution in [3.05, 3.63) is 24.3 Å². The van der Waals surface area contributed by atoms with Crippen molar-refractivity contribution < 1.29 is 0 Å². The van der Waals surface area contributed by atoms with Gasteiger partial charge in [-0.3, -0.25) is 0 Å². The third-order valence-electron chi connectivity index (χ3n) is 3.29. The summed E-state index contributed by atoms with van der Waals surface area (Å²) >= 11 is 0. The molecule has 0 saturated heterocycles. The molecule has 0 bridgehead atoms. The van der Waals surface area contributed by atoms with E-state index < -0.39 is 0 Å². The molecular weight excluding hydrogens is 186 g/mol. The van der Waals surface area contributed by atoms with Crippen LogP contribution in [0.3, 0.4) is 0 Å². The Labute approximate surface area is 91.3 Å². The predicted molar refractivity (Wildman–Crippen MR) is 60.3 cm³/mol. The number of aromatic nitrogens is 2. The number of nitrogens with zero attached hydrogens (tertiary/aromatic N) is 2. The lowest BCUT2D eigenvalue weighted by Gasteiger charge is -2.29. The maximum atomic E-state index is 4.02. The number of hydrogen-bond acceptors (Lipinski definition) is 3. The van der Waals surface area contributed by atoms with Crippen LogP contribution in [0.1, 0.15) is 38.2 Å². The topological polar surface area (TPSA) is 37.8 Å². The highest BCUT2D eigenvalue weighted by Crippen LogP contribution is 2.23. The van der Waals surface area contributed by atoms with Crippen LogP contribution in [0.5, 0.6) is 0 Å². The summed E-state index contributed by atoms with van der Waals surface area (Å²) in [4.78, 5) is 8.03. The Bertz CT molecular complexity index is 286. The van der Waals surface area contributed by atoms with E-state index in [1.54, 1.807) is 6.33 Å². The standard InChI is InChI=1S/C12H19N3/c1-10-4-2-3-5-12(10)15-8-11-6-13-9-14-7-11/h6-7,9-10,12,15H,2-5,8H2,1H3. The van der Waals surface area contributed by atoms with Gasteiger partial charge >= 0.3 is 0 Å². The van der Waals surface area contributed by atoms with Gasteiger partial charge in [0, 0.05) is 30.5 Å². The van der Waals surface area contributed by atoms with Crippen LogP contribution in [0, 0.1) is 5.92 Å². The van der Waals surface area contributed by atoms with E-state index in [1.165, 1.54) is 31.2 Å². The van der Waals surface area contributed by atoms with E-state index in [2.05, 4.69) is 22.2 Å². The van der Waals surface area contributed by atoms with Gasteiger partial charge in [0.25, 0.3) is 0 Å². The molecule has 1 N–H and O–H groups in total. The van der Waals surface area contributed by atoms with Gasteiger partial charge in [0.05, 0.1) is 0 Å². The highest BCUT2D eigenvalue weighted by molar-refractivity contribution is 5.02. The monoisotopic (exact) mass is 205 g/mol. The molecule has 1 fully saturated rings. The van der Waals surface area contributed by atoms with E-state index in [0.29, 0.717) is 6.04 Å². The van der Waals surface area contributed by atoms with Crippen LogP contribution in [-0.2, 0) is 6.54 Å². The van der Waals surface area contributed by atoms with E-state index in [0.717, 1.165) is 12.5 Å². The molecule has 1 saturated carbocycles. The van der Waals surface area contributed by atoms with Gasteiger partial charge in [-0.15, -0.1) is 0 Å². The summed E-state index contributed by atoms with van der Waals surface area (Å²) < 4.78 is 0. The van der Waals surface area contributed by atoms with Gasteiger partial charge in [-0.2, -0.15) is 0 Å². The van der Waals surface area contributed by atoms with Gasteiger partial charge in [0.15, 0.2) is 0 Å². The molecule has 2 unspecified atom stereocenters. The molecule has 3 heteroatoms. The van der Waals surface area contributed by atoms with Crippen molar-refractivity contribution in [1.29, 1.82) is 0 Å². The minimum atomic E-state index is 0.680. The lowest BCUT2D eigenvalue weighted by molar-refractivity contribution is 0.279. The van der Waals surface area contributed by atoms with Crippen LogP contribution in [-0.4, -0.2) is 16.0 Å². The third-order valence-corrected chi connectivity index (χ3v) is 3.29. The average molecular weight is 205 g/mol. The fourth-order valence-corrected chi connectivity index (χ4v) is 2.29. The molecular formula is C12H19N3. The fourth-order valence-electron chi connectivity index (χ4n) is 2.29. The smallest absolute Gasteiger partial charge is 0.115 e. The van der Waals surface area contributed by atoms with E-state index in [1.807, 2.05) is 12.4 Å². The van der Waals surface area contributed by atoms with Crippen molar-refractivity contribution in [2.24, 2.45) is 5.92 Å². The number of rotatable bonds is 3. The first-order valence-electron chi connectivity index (χ1n) is 5.83. The Morgan fingerprint density at radius 2 is 2.00 bits per heavy atom. The SMILES string of the molecule is CC1CCCCC1NCc1cncnc1. The summed E-state index contributed by atoms with van der Waals surface area (Å²) in [6.07, 6.45) is 10.8. The molecule has 2 atom stereocenters. The summed E-state index contributed by atoms with van der Waals surface area (Å²) in [5, 5.41) is 3.61. The maximum absolute atomic E-state index is 4.02. The summed E-state index contributed by atoms with van der Waals surface area (Å²) in [6.45, 7) is 3.24. The second-order valence-electron chi connectivity index (χ2n) is 4.50. The Kier molecular flexibility index (Phi) is 3.67. The van der Waals surface area contributed by atoms with Crippen LogP contribution in [0.15, 0.2) is 18.7 Å². The van der Waals surface area contributed by atoms with E-state index in [4.69, 9.17) is 0 Å². The Morgan fingerprint density at radius 1 is 1.27 bits per heavy atom. The molecule has 0 radical (unpaired) electrons. The van der Waals surface area contributed by atoms with E-state index >= 15 is 0 Å². The molecule has 1 aliphatic rings. The Morgan fingerprint density at radius 3 is 2.73 bits per heavy atom. The lowest BCUT2D eigenvalue weighted by atomic mass is 9.86. The Balaban J connectivity index is 1.82. The number of hydrogen-bond donors (Lipinski definition) is 1. The quantitative estimate of drug-likeness (QED) is 0.821. The van der Waals surface area contributed by atoms with Gasteiger partial charge < -0.3 is 5.32 Å². The first-order chi connectivity index (χ1) is 7.36. The molecule has 1 heterocycles. The molecule has 0 aromatic carbocycles. The normalized spacial score (nSPS) is 26.5. The first kappa shape index (κ1) is 10.6. The zero-order valence-corrected chi connectivity index (χ0v) is 9.32. The lowest BCUT2D eigenvalue weighted by Crippen LogP contribution is -2.36. The maximum Gasteiger partial charge on any atom is 0.115 e. The average Bonchev–Trinajstić information content (AvgIpc) is 2.29.